The second kappa shape index (κ2) is 9.39. The summed E-state index contributed by atoms with van der Waals surface area (Å²) in [6, 6.07) is 0. The minimum atomic E-state index is -0.609. The van der Waals surface area contributed by atoms with Gasteiger partial charge in [-0.1, -0.05) is 13.3 Å². The number of aliphatic imine (C=N–C) groups is 1. The van der Waals surface area contributed by atoms with Gasteiger partial charge < -0.3 is 9.84 Å². The van der Waals surface area contributed by atoms with Crippen molar-refractivity contribution in [1.29, 1.82) is 0 Å². The van der Waals surface area contributed by atoms with Gasteiger partial charge in [-0.25, -0.2) is 4.79 Å². The Labute approximate surface area is 140 Å². The van der Waals surface area contributed by atoms with E-state index in [1.165, 1.54) is 10.8 Å². The number of rotatable bonds is 8. The molecule has 0 spiro atoms. The molecule has 1 saturated heterocycles. The Bertz CT molecular complexity index is 659. The fraction of sp³-hybridized carbons (Fsp3) is 0.688. The summed E-state index contributed by atoms with van der Waals surface area (Å²) in [6.45, 7) is 7.26. The highest BCUT2D eigenvalue weighted by molar-refractivity contribution is 5.81. The van der Waals surface area contributed by atoms with Crippen LogP contribution < -0.4 is 11.2 Å². The summed E-state index contributed by atoms with van der Waals surface area (Å²) in [5, 5.41) is 10.2. The van der Waals surface area contributed by atoms with Crippen molar-refractivity contribution in [2.45, 2.75) is 32.7 Å². The first-order valence-corrected chi connectivity index (χ1v) is 8.49. The van der Waals surface area contributed by atoms with Crippen LogP contribution in [0.1, 0.15) is 31.7 Å². The predicted octanol–water partition coefficient (Wildman–Crippen LogP) is 0.184. The lowest BCUT2D eigenvalue weighted by molar-refractivity contribution is 0.0377. The van der Waals surface area contributed by atoms with Gasteiger partial charge in [-0.3, -0.25) is 24.2 Å². The van der Waals surface area contributed by atoms with Crippen molar-refractivity contribution in [2.75, 3.05) is 39.4 Å². The highest BCUT2D eigenvalue weighted by atomic mass is 16.5. The maximum absolute atomic E-state index is 11.9. The molecule has 1 fully saturated rings. The summed E-state index contributed by atoms with van der Waals surface area (Å²) in [7, 11) is 0. The van der Waals surface area contributed by atoms with Crippen molar-refractivity contribution in [1.82, 2.24) is 14.5 Å². The van der Waals surface area contributed by atoms with E-state index in [9.17, 15) is 14.7 Å². The van der Waals surface area contributed by atoms with Crippen LogP contribution in [0.15, 0.2) is 14.6 Å². The Morgan fingerprint density at radius 3 is 2.71 bits per heavy atom. The zero-order valence-corrected chi connectivity index (χ0v) is 14.2. The van der Waals surface area contributed by atoms with Gasteiger partial charge in [-0.05, 0) is 12.8 Å². The second-order valence-electron chi connectivity index (χ2n) is 5.84. The second-order valence-corrected chi connectivity index (χ2v) is 5.84. The monoisotopic (exact) mass is 338 g/mol. The lowest BCUT2D eigenvalue weighted by Crippen LogP contribution is -2.37. The van der Waals surface area contributed by atoms with Crippen molar-refractivity contribution >= 4 is 6.21 Å². The molecule has 1 aromatic heterocycles. The third-order valence-electron chi connectivity index (χ3n) is 4.03. The Kier molecular flexibility index (Phi) is 7.20. The normalized spacial score (nSPS) is 16.0. The zero-order valence-electron chi connectivity index (χ0n) is 14.2. The van der Waals surface area contributed by atoms with Crippen LogP contribution in [0.5, 0.6) is 5.88 Å². The van der Waals surface area contributed by atoms with Gasteiger partial charge in [0.2, 0.25) is 5.88 Å². The summed E-state index contributed by atoms with van der Waals surface area (Å²) in [5.74, 6) is -0.311. The van der Waals surface area contributed by atoms with Gasteiger partial charge in [-0.15, -0.1) is 0 Å². The molecule has 8 nitrogen and oxygen atoms in total. The Morgan fingerprint density at radius 1 is 1.25 bits per heavy atom. The molecular formula is C16H26N4O4. The minimum Gasteiger partial charge on any atom is -0.494 e. The molecule has 1 aromatic rings. The van der Waals surface area contributed by atoms with Crippen LogP contribution in [-0.2, 0) is 11.3 Å². The topological polar surface area (TPSA) is 99.9 Å². The molecule has 0 aromatic carbocycles. The molecule has 0 amide bonds. The molecule has 2 N–H and O–H groups in total. The van der Waals surface area contributed by atoms with Gasteiger partial charge in [0.25, 0.3) is 5.56 Å². The fourth-order valence-electron chi connectivity index (χ4n) is 2.58. The fourth-order valence-corrected chi connectivity index (χ4v) is 2.58. The van der Waals surface area contributed by atoms with Crippen molar-refractivity contribution < 1.29 is 9.84 Å². The van der Waals surface area contributed by atoms with E-state index in [2.05, 4.69) is 14.9 Å². The van der Waals surface area contributed by atoms with Crippen molar-refractivity contribution in [2.24, 2.45) is 4.99 Å². The van der Waals surface area contributed by atoms with Gasteiger partial charge in [0.05, 0.1) is 13.2 Å². The molecule has 0 saturated carbocycles. The van der Waals surface area contributed by atoms with E-state index >= 15 is 0 Å². The number of nitrogens with one attached hydrogen (secondary N) is 1. The molecule has 24 heavy (non-hydrogen) atoms. The van der Waals surface area contributed by atoms with Crippen molar-refractivity contribution in [3.8, 4) is 5.88 Å². The SMILES string of the molecule is CCCCn1c(O)c(C=NCCCN2CCOCC2)c(=O)[nH]c1=O. The summed E-state index contributed by atoms with van der Waals surface area (Å²) >= 11 is 0. The lowest BCUT2D eigenvalue weighted by atomic mass is 10.3. The molecule has 0 bridgehead atoms. The van der Waals surface area contributed by atoms with Gasteiger partial charge in [0, 0.05) is 38.9 Å². The number of ether oxygens (including phenoxy) is 1. The molecule has 0 radical (unpaired) electrons. The van der Waals surface area contributed by atoms with E-state index in [1.807, 2.05) is 6.92 Å². The number of hydrogen-bond acceptors (Lipinski definition) is 6. The van der Waals surface area contributed by atoms with E-state index in [4.69, 9.17) is 4.74 Å². The Morgan fingerprint density at radius 2 is 2.00 bits per heavy atom. The largest absolute Gasteiger partial charge is 0.494 e. The first kappa shape index (κ1) is 18.4. The van der Waals surface area contributed by atoms with Crippen LogP contribution in [0.25, 0.3) is 0 Å². The van der Waals surface area contributed by atoms with Gasteiger partial charge in [0.15, 0.2) is 0 Å². The predicted molar refractivity (Wildman–Crippen MR) is 92.2 cm³/mol. The van der Waals surface area contributed by atoms with Crippen molar-refractivity contribution in [3.05, 3.63) is 26.4 Å². The summed E-state index contributed by atoms with van der Waals surface area (Å²) in [6.07, 6.45) is 3.85. The number of morpholine rings is 1. The maximum atomic E-state index is 11.9. The Hall–Kier alpha value is -1.93. The van der Waals surface area contributed by atoms with E-state index in [-0.39, 0.29) is 11.4 Å². The summed E-state index contributed by atoms with van der Waals surface area (Å²) in [5.41, 5.74) is -1.16. The van der Waals surface area contributed by atoms with Gasteiger partial charge in [0.1, 0.15) is 5.56 Å². The summed E-state index contributed by atoms with van der Waals surface area (Å²) in [4.78, 5) is 32.4. The highest BCUT2D eigenvalue weighted by Crippen LogP contribution is 2.09. The number of hydrogen-bond donors (Lipinski definition) is 2. The number of aromatic hydroxyl groups is 1. The van der Waals surface area contributed by atoms with Gasteiger partial charge in [-0.2, -0.15) is 0 Å². The molecule has 134 valence electrons. The molecule has 1 aliphatic rings. The first-order valence-electron chi connectivity index (χ1n) is 8.49. The quantitative estimate of drug-likeness (QED) is 0.520. The van der Waals surface area contributed by atoms with E-state index in [0.29, 0.717) is 13.1 Å². The van der Waals surface area contributed by atoms with Crippen molar-refractivity contribution in [3.63, 3.8) is 0 Å². The molecule has 0 atom stereocenters. The van der Waals surface area contributed by atoms with Crippen LogP contribution in [0.3, 0.4) is 0 Å². The smallest absolute Gasteiger partial charge is 0.331 e. The van der Waals surface area contributed by atoms with Crippen LogP contribution >= 0.6 is 0 Å². The lowest BCUT2D eigenvalue weighted by Gasteiger charge is -2.26. The zero-order chi connectivity index (χ0) is 17.4. The standard InChI is InChI=1S/C16H26N4O4/c1-2-3-7-20-15(22)13(14(21)18-16(20)23)12-17-5-4-6-19-8-10-24-11-9-19/h12,22H,2-11H2,1H3,(H,18,21,23). The summed E-state index contributed by atoms with van der Waals surface area (Å²) < 4.78 is 6.48. The number of nitrogens with zero attached hydrogens (tertiary/aromatic N) is 3. The average molecular weight is 338 g/mol. The van der Waals surface area contributed by atoms with E-state index in [0.717, 1.165) is 52.1 Å². The van der Waals surface area contributed by atoms with Crippen LogP contribution in [0.4, 0.5) is 0 Å². The Balaban J connectivity index is 1.95. The minimum absolute atomic E-state index is 0.0390. The third-order valence-corrected chi connectivity index (χ3v) is 4.03. The maximum Gasteiger partial charge on any atom is 0.331 e. The molecule has 2 heterocycles. The number of unbranched alkanes of at least 4 members (excludes halogenated alkanes) is 1. The van der Waals surface area contributed by atoms with E-state index in [1.54, 1.807) is 0 Å². The molecule has 1 aliphatic heterocycles. The molecule has 8 heteroatoms. The van der Waals surface area contributed by atoms with Crippen LogP contribution in [0, 0.1) is 0 Å². The number of aromatic amines is 1. The molecule has 0 aliphatic carbocycles. The molecule has 2 rings (SSSR count). The third kappa shape index (κ3) is 5.04. The van der Waals surface area contributed by atoms with Gasteiger partial charge >= 0.3 is 5.69 Å². The average Bonchev–Trinajstić information content (AvgIpc) is 2.58. The molecular weight excluding hydrogens is 312 g/mol. The highest BCUT2D eigenvalue weighted by Gasteiger charge is 2.12. The number of H-pyrrole nitrogens is 1. The van der Waals surface area contributed by atoms with E-state index < -0.39 is 11.2 Å². The van der Waals surface area contributed by atoms with Crippen LogP contribution in [-0.4, -0.2) is 65.2 Å². The van der Waals surface area contributed by atoms with Crippen LogP contribution in [0.2, 0.25) is 0 Å². The molecule has 0 unspecified atom stereocenters. The first-order chi connectivity index (χ1) is 11.6. The number of aromatic nitrogens is 2.